The zero-order chi connectivity index (χ0) is 18.6. The fraction of sp³-hybridized carbons (Fsp3) is 0.0435. The molecule has 4 aromatic rings. The highest BCUT2D eigenvalue weighted by atomic mass is 16.3. The summed E-state index contributed by atoms with van der Waals surface area (Å²) in [6.45, 7) is 0.675. The van der Waals surface area contributed by atoms with Crippen LogP contribution in [0.25, 0.3) is 17.1 Å². The van der Waals surface area contributed by atoms with E-state index in [0.29, 0.717) is 12.1 Å². The van der Waals surface area contributed by atoms with Gasteiger partial charge in [-0.2, -0.15) is 0 Å². The van der Waals surface area contributed by atoms with Crippen molar-refractivity contribution >= 4 is 22.9 Å². The molecule has 0 spiro atoms. The first kappa shape index (κ1) is 16.8. The van der Waals surface area contributed by atoms with E-state index in [9.17, 15) is 9.90 Å². The summed E-state index contributed by atoms with van der Waals surface area (Å²) in [6.07, 6.45) is 3.27. The number of phenolic OH excluding ortho intramolecular Hbond substituents is 1. The monoisotopic (exact) mass is 354 g/mol. The van der Waals surface area contributed by atoms with Crippen molar-refractivity contribution in [1.29, 1.82) is 0 Å². The van der Waals surface area contributed by atoms with Crippen molar-refractivity contribution < 1.29 is 9.90 Å². The molecule has 1 N–H and O–H groups in total. The minimum Gasteiger partial charge on any atom is -0.508 e. The Morgan fingerprint density at radius 1 is 0.926 bits per heavy atom. The van der Waals surface area contributed by atoms with E-state index in [2.05, 4.69) is 21.7 Å². The molecule has 3 aromatic carbocycles. The zero-order valence-electron chi connectivity index (χ0n) is 14.6. The summed E-state index contributed by atoms with van der Waals surface area (Å²) in [7, 11) is 0. The van der Waals surface area contributed by atoms with Gasteiger partial charge < -0.3 is 9.67 Å². The Hall–Kier alpha value is -3.66. The number of nitrogens with zero attached hydrogens (tertiary/aromatic N) is 2. The lowest BCUT2D eigenvalue weighted by atomic mass is 10.1. The van der Waals surface area contributed by atoms with Crippen molar-refractivity contribution in [3.63, 3.8) is 0 Å². The van der Waals surface area contributed by atoms with Crippen molar-refractivity contribution in [2.45, 2.75) is 6.54 Å². The maximum Gasteiger partial charge on any atom is 0.185 e. The summed E-state index contributed by atoms with van der Waals surface area (Å²) in [4.78, 5) is 17.1. The van der Waals surface area contributed by atoms with Crippen molar-refractivity contribution in [2.75, 3.05) is 0 Å². The smallest absolute Gasteiger partial charge is 0.185 e. The Morgan fingerprint density at radius 3 is 2.41 bits per heavy atom. The number of aromatic hydroxyl groups is 1. The predicted octanol–water partition coefficient (Wildman–Crippen LogP) is 4.69. The fourth-order valence-electron chi connectivity index (χ4n) is 3.03. The molecule has 0 atom stereocenters. The van der Waals surface area contributed by atoms with E-state index in [1.807, 2.05) is 42.5 Å². The summed E-state index contributed by atoms with van der Waals surface area (Å²) in [5.74, 6) is 0.737. The normalized spacial score (nSPS) is 11.3. The number of carbonyl (C=O) groups is 1. The van der Waals surface area contributed by atoms with Gasteiger partial charge in [-0.1, -0.05) is 42.5 Å². The summed E-state index contributed by atoms with van der Waals surface area (Å²) >= 11 is 0. The molecule has 0 saturated heterocycles. The number of aromatic nitrogens is 2. The first-order valence-corrected chi connectivity index (χ1v) is 8.71. The van der Waals surface area contributed by atoms with Gasteiger partial charge in [0.15, 0.2) is 5.78 Å². The Bertz CT molecular complexity index is 1110. The molecule has 132 valence electrons. The van der Waals surface area contributed by atoms with Gasteiger partial charge >= 0.3 is 0 Å². The highest BCUT2D eigenvalue weighted by molar-refractivity contribution is 6.06. The summed E-state index contributed by atoms with van der Waals surface area (Å²) in [5, 5.41) is 9.36. The summed E-state index contributed by atoms with van der Waals surface area (Å²) < 4.78 is 2.10. The number of benzene rings is 3. The Balaban J connectivity index is 1.69. The molecule has 0 unspecified atom stereocenters. The second-order valence-corrected chi connectivity index (χ2v) is 6.27. The summed E-state index contributed by atoms with van der Waals surface area (Å²) in [5.41, 5.74) is 3.61. The van der Waals surface area contributed by atoms with E-state index >= 15 is 0 Å². The van der Waals surface area contributed by atoms with E-state index in [-0.39, 0.29) is 11.5 Å². The van der Waals surface area contributed by atoms with Gasteiger partial charge in [0.2, 0.25) is 0 Å². The topological polar surface area (TPSA) is 55.1 Å². The van der Waals surface area contributed by atoms with Crippen LogP contribution in [0.15, 0.2) is 84.9 Å². The molecule has 4 rings (SSSR count). The van der Waals surface area contributed by atoms with Crippen LogP contribution in [0.4, 0.5) is 0 Å². The Morgan fingerprint density at radius 2 is 1.63 bits per heavy atom. The van der Waals surface area contributed by atoms with E-state index in [1.165, 1.54) is 23.8 Å². The highest BCUT2D eigenvalue weighted by Gasteiger charge is 2.09. The van der Waals surface area contributed by atoms with Crippen LogP contribution in [0.5, 0.6) is 5.75 Å². The zero-order valence-corrected chi connectivity index (χ0v) is 14.6. The largest absolute Gasteiger partial charge is 0.508 e. The van der Waals surface area contributed by atoms with Crippen LogP contribution in [0.2, 0.25) is 0 Å². The average Bonchev–Trinajstić information content (AvgIpc) is 3.05. The lowest BCUT2D eigenvalue weighted by Gasteiger charge is -2.07. The van der Waals surface area contributed by atoms with Gasteiger partial charge in [-0.3, -0.25) is 4.79 Å². The highest BCUT2D eigenvalue weighted by Crippen LogP contribution is 2.19. The number of allylic oxidation sites excluding steroid dienone is 1. The molecule has 0 aliphatic heterocycles. The van der Waals surface area contributed by atoms with Crippen LogP contribution in [0.3, 0.4) is 0 Å². The number of carbonyl (C=O) groups excluding carboxylic acids is 1. The van der Waals surface area contributed by atoms with Crippen molar-refractivity contribution in [3.8, 4) is 5.75 Å². The van der Waals surface area contributed by atoms with Crippen LogP contribution >= 0.6 is 0 Å². The number of ketones is 1. The third-order valence-corrected chi connectivity index (χ3v) is 4.40. The van der Waals surface area contributed by atoms with Crippen LogP contribution < -0.4 is 0 Å². The fourth-order valence-corrected chi connectivity index (χ4v) is 3.03. The van der Waals surface area contributed by atoms with Gasteiger partial charge in [-0.25, -0.2) is 4.98 Å². The minimum atomic E-state index is -0.131. The van der Waals surface area contributed by atoms with E-state index in [0.717, 1.165) is 16.9 Å². The van der Waals surface area contributed by atoms with Crippen molar-refractivity contribution in [2.24, 2.45) is 0 Å². The maximum absolute atomic E-state index is 12.4. The number of hydrogen-bond donors (Lipinski definition) is 1. The maximum atomic E-state index is 12.4. The second kappa shape index (κ2) is 7.30. The number of imidazole rings is 1. The van der Waals surface area contributed by atoms with Crippen LogP contribution in [0.1, 0.15) is 21.7 Å². The van der Waals surface area contributed by atoms with Crippen molar-refractivity contribution in [1.82, 2.24) is 9.55 Å². The molecule has 1 heterocycles. The van der Waals surface area contributed by atoms with Crippen LogP contribution in [0, 0.1) is 0 Å². The lowest BCUT2D eigenvalue weighted by molar-refractivity contribution is 0.104. The quantitative estimate of drug-likeness (QED) is 0.418. The first-order chi connectivity index (χ1) is 13.2. The van der Waals surface area contributed by atoms with Crippen LogP contribution in [-0.2, 0) is 6.54 Å². The molecular weight excluding hydrogens is 336 g/mol. The number of phenols is 1. The van der Waals surface area contributed by atoms with E-state index < -0.39 is 0 Å². The molecule has 0 saturated carbocycles. The molecule has 0 fully saturated rings. The molecule has 0 aliphatic carbocycles. The lowest BCUT2D eigenvalue weighted by Crippen LogP contribution is -2.02. The SMILES string of the molecule is O=C(C=Cc1nc2ccccc2n1Cc1ccccc1)c1ccc(O)cc1. The van der Waals surface area contributed by atoms with Crippen molar-refractivity contribution in [3.05, 3.63) is 102 Å². The Labute approximate surface area is 157 Å². The number of fused-ring (bicyclic) bond motifs is 1. The van der Waals surface area contributed by atoms with Gasteiger partial charge in [0.1, 0.15) is 11.6 Å². The molecule has 0 radical (unpaired) electrons. The standard InChI is InChI=1S/C23H18N2O2/c26-19-12-10-18(11-13-19)22(27)14-15-23-24-20-8-4-5-9-21(20)25(23)16-17-6-2-1-3-7-17/h1-15,26H,16H2. The summed E-state index contributed by atoms with van der Waals surface area (Å²) in [6, 6.07) is 24.3. The minimum absolute atomic E-state index is 0.131. The van der Waals surface area contributed by atoms with Gasteiger partial charge in [0.25, 0.3) is 0 Å². The molecule has 1 aromatic heterocycles. The molecule has 0 aliphatic rings. The number of para-hydroxylation sites is 2. The van der Waals surface area contributed by atoms with Gasteiger partial charge in [-0.05, 0) is 54.1 Å². The van der Waals surface area contributed by atoms with Gasteiger partial charge in [0, 0.05) is 12.1 Å². The average molecular weight is 354 g/mol. The number of rotatable bonds is 5. The van der Waals surface area contributed by atoms with E-state index in [4.69, 9.17) is 0 Å². The molecule has 4 heteroatoms. The molecule has 27 heavy (non-hydrogen) atoms. The predicted molar refractivity (Wildman–Crippen MR) is 107 cm³/mol. The molecule has 0 amide bonds. The molecular formula is C23H18N2O2. The second-order valence-electron chi connectivity index (χ2n) is 6.27. The molecule has 4 nitrogen and oxygen atoms in total. The molecule has 0 bridgehead atoms. The third-order valence-electron chi connectivity index (χ3n) is 4.40. The van der Waals surface area contributed by atoms with Crippen LogP contribution in [-0.4, -0.2) is 20.4 Å². The van der Waals surface area contributed by atoms with Gasteiger partial charge in [0.05, 0.1) is 11.0 Å². The first-order valence-electron chi connectivity index (χ1n) is 8.71. The Kier molecular flexibility index (Phi) is 4.54. The van der Waals surface area contributed by atoms with E-state index in [1.54, 1.807) is 18.2 Å². The number of hydrogen-bond acceptors (Lipinski definition) is 3. The third kappa shape index (κ3) is 3.65. The van der Waals surface area contributed by atoms with Gasteiger partial charge in [-0.15, -0.1) is 0 Å².